The number of carbonyl (C=O) groups is 2. The van der Waals surface area contributed by atoms with Crippen molar-refractivity contribution in [2.75, 3.05) is 17.4 Å². The molecule has 1 aliphatic rings. The van der Waals surface area contributed by atoms with Crippen LogP contribution in [-0.2, 0) is 9.59 Å². The van der Waals surface area contributed by atoms with E-state index in [1.807, 2.05) is 42.5 Å². The topological polar surface area (TPSA) is 92.3 Å². The molecule has 0 radical (unpaired) electrons. The van der Waals surface area contributed by atoms with Gasteiger partial charge in [-0.1, -0.05) is 30.3 Å². The molecule has 0 saturated heterocycles. The van der Waals surface area contributed by atoms with E-state index in [1.54, 1.807) is 50.4 Å². The number of methoxy groups -OCH3 is 1. The second-order valence-corrected chi connectivity index (χ2v) is 7.01. The predicted octanol–water partition coefficient (Wildman–Crippen LogP) is 3.76. The van der Waals surface area contributed by atoms with Gasteiger partial charge < -0.3 is 14.8 Å². The first-order chi connectivity index (χ1) is 15.5. The Balaban J connectivity index is 1.44. The van der Waals surface area contributed by atoms with Crippen molar-refractivity contribution in [3.63, 3.8) is 0 Å². The molecule has 0 aliphatic carbocycles. The highest BCUT2D eigenvalue weighted by molar-refractivity contribution is 6.43. The number of aliphatic imine (C=N–C) groups is 1. The Labute approximate surface area is 185 Å². The van der Waals surface area contributed by atoms with Crippen molar-refractivity contribution in [2.45, 2.75) is 13.0 Å². The highest BCUT2D eigenvalue weighted by atomic mass is 16.5. The third-order valence-electron chi connectivity index (χ3n) is 4.76. The summed E-state index contributed by atoms with van der Waals surface area (Å²) < 4.78 is 11.1. The third-order valence-corrected chi connectivity index (χ3v) is 4.76. The number of rotatable bonds is 6. The van der Waals surface area contributed by atoms with Crippen molar-refractivity contribution in [3.05, 3.63) is 78.9 Å². The van der Waals surface area contributed by atoms with Crippen molar-refractivity contribution in [3.8, 4) is 17.2 Å². The van der Waals surface area contributed by atoms with E-state index < -0.39 is 11.9 Å². The Morgan fingerprint density at radius 2 is 1.62 bits per heavy atom. The Morgan fingerprint density at radius 3 is 2.31 bits per heavy atom. The standard InChI is InChI=1S/C24H22N4O4/c1-16-24(30)28(18-8-4-3-5-9-18)27-22(25-16)23(29)26-17-12-14-19(15-13-17)32-21-11-7-6-10-20(21)31-2/h3-16H,1-2H3,(H,25,27)(H,26,29). The van der Waals surface area contributed by atoms with Crippen LogP contribution in [0.15, 0.2) is 83.9 Å². The fraction of sp³-hybridized carbons (Fsp3) is 0.125. The summed E-state index contributed by atoms with van der Waals surface area (Å²) in [5.41, 5.74) is 4.00. The lowest BCUT2D eigenvalue weighted by atomic mass is 10.2. The second kappa shape index (κ2) is 9.22. The summed E-state index contributed by atoms with van der Waals surface area (Å²) in [6, 6.07) is 22.6. The maximum Gasteiger partial charge on any atom is 0.292 e. The fourth-order valence-corrected chi connectivity index (χ4v) is 3.13. The molecule has 1 atom stereocenters. The summed E-state index contributed by atoms with van der Waals surface area (Å²) >= 11 is 0. The van der Waals surface area contributed by atoms with Crippen LogP contribution in [0.25, 0.3) is 0 Å². The van der Waals surface area contributed by atoms with Gasteiger partial charge in [0.1, 0.15) is 11.8 Å². The molecule has 3 aromatic carbocycles. The number of ether oxygens (including phenoxy) is 2. The summed E-state index contributed by atoms with van der Waals surface area (Å²) in [5, 5.41) is 4.11. The van der Waals surface area contributed by atoms with Crippen LogP contribution in [0.2, 0.25) is 0 Å². The highest BCUT2D eigenvalue weighted by Gasteiger charge is 2.30. The Morgan fingerprint density at radius 1 is 0.969 bits per heavy atom. The van der Waals surface area contributed by atoms with Crippen molar-refractivity contribution >= 4 is 29.0 Å². The van der Waals surface area contributed by atoms with Gasteiger partial charge in [0.15, 0.2) is 11.5 Å². The molecule has 1 heterocycles. The van der Waals surface area contributed by atoms with E-state index >= 15 is 0 Å². The maximum atomic E-state index is 12.8. The number of amides is 2. The molecule has 1 unspecified atom stereocenters. The van der Waals surface area contributed by atoms with Crippen LogP contribution < -0.4 is 25.2 Å². The number of hydrogen-bond donors (Lipinski definition) is 2. The third kappa shape index (κ3) is 4.54. The molecule has 0 bridgehead atoms. The van der Waals surface area contributed by atoms with Gasteiger partial charge in [-0.2, -0.15) is 0 Å². The minimum atomic E-state index is -0.686. The first-order valence-corrected chi connectivity index (χ1v) is 10.0. The summed E-state index contributed by atoms with van der Waals surface area (Å²) in [6.45, 7) is 1.65. The van der Waals surface area contributed by atoms with E-state index in [2.05, 4.69) is 15.7 Å². The van der Waals surface area contributed by atoms with Gasteiger partial charge in [-0.25, -0.2) is 10.0 Å². The highest BCUT2D eigenvalue weighted by Crippen LogP contribution is 2.31. The molecule has 0 saturated carbocycles. The molecule has 32 heavy (non-hydrogen) atoms. The smallest absolute Gasteiger partial charge is 0.292 e. The van der Waals surface area contributed by atoms with Gasteiger partial charge in [0.2, 0.25) is 5.84 Å². The van der Waals surface area contributed by atoms with Crippen LogP contribution in [0.5, 0.6) is 17.2 Å². The molecule has 8 nitrogen and oxygen atoms in total. The summed E-state index contributed by atoms with van der Waals surface area (Å²) in [6.07, 6.45) is 0. The molecule has 2 amide bonds. The van der Waals surface area contributed by atoms with E-state index in [4.69, 9.17) is 9.47 Å². The van der Waals surface area contributed by atoms with Crippen molar-refractivity contribution < 1.29 is 19.1 Å². The zero-order chi connectivity index (χ0) is 22.5. The average Bonchev–Trinajstić information content (AvgIpc) is 2.83. The SMILES string of the molecule is COc1ccccc1Oc1ccc(NC(=O)C2=NC(C)C(=O)N(c3ccccc3)N2)cc1. The van der Waals surface area contributed by atoms with Gasteiger partial charge in [0.05, 0.1) is 12.8 Å². The van der Waals surface area contributed by atoms with Gasteiger partial charge in [0, 0.05) is 5.69 Å². The Hall–Kier alpha value is -4.33. The van der Waals surface area contributed by atoms with Crippen LogP contribution in [0, 0.1) is 0 Å². The number of hydrazine groups is 1. The van der Waals surface area contributed by atoms with Crippen molar-refractivity contribution in [1.82, 2.24) is 5.43 Å². The fourth-order valence-electron chi connectivity index (χ4n) is 3.13. The van der Waals surface area contributed by atoms with Gasteiger partial charge in [0.25, 0.3) is 11.8 Å². The number of amidine groups is 1. The van der Waals surface area contributed by atoms with E-state index in [-0.39, 0.29) is 11.7 Å². The zero-order valence-corrected chi connectivity index (χ0v) is 17.6. The molecule has 0 spiro atoms. The van der Waals surface area contributed by atoms with Crippen molar-refractivity contribution in [1.29, 1.82) is 0 Å². The molecule has 0 aromatic heterocycles. The number of carbonyl (C=O) groups excluding carboxylic acids is 2. The molecule has 2 N–H and O–H groups in total. The monoisotopic (exact) mass is 430 g/mol. The molecular formula is C24H22N4O4. The molecular weight excluding hydrogens is 408 g/mol. The lowest BCUT2D eigenvalue weighted by Crippen LogP contribution is -2.57. The predicted molar refractivity (Wildman–Crippen MR) is 122 cm³/mol. The van der Waals surface area contributed by atoms with Gasteiger partial charge >= 0.3 is 0 Å². The van der Waals surface area contributed by atoms with Crippen LogP contribution in [0.3, 0.4) is 0 Å². The normalized spacial score (nSPS) is 15.4. The van der Waals surface area contributed by atoms with Crippen LogP contribution in [-0.4, -0.2) is 30.8 Å². The second-order valence-electron chi connectivity index (χ2n) is 7.01. The molecule has 1 aliphatic heterocycles. The van der Waals surface area contributed by atoms with E-state index in [9.17, 15) is 9.59 Å². The van der Waals surface area contributed by atoms with Crippen molar-refractivity contribution in [2.24, 2.45) is 4.99 Å². The number of nitrogens with one attached hydrogen (secondary N) is 2. The average molecular weight is 430 g/mol. The zero-order valence-electron chi connectivity index (χ0n) is 17.6. The van der Waals surface area contributed by atoms with Crippen LogP contribution in [0.1, 0.15) is 6.92 Å². The first-order valence-electron chi connectivity index (χ1n) is 10.0. The van der Waals surface area contributed by atoms with Crippen LogP contribution in [0.4, 0.5) is 11.4 Å². The largest absolute Gasteiger partial charge is 0.493 e. The Bertz CT molecular complexity index is 1150. The quantitative estimate of drug-likeness (QED) is 0.621. The summed E-state index contributed by atoms with van der Waals surface area (Å²) in [7, 11) is 1.58. The number of hydrogen-bond acceptors (Lipinski definition) is 6. The molecule has 162 valence electrons. The van der Waals surface area contributed by atoms with Gasteiger partial charge in [-0.15, -0.1) is 0 Å². The molecule has 3 aromatic rings. The maximum absolute atomic E-state index is 12.8. The van der Waals surface area contributed by atoms with E-state index in [1.165, 1.54) is 5.01 Å². The van der Waals surface area contributed by atoms with E-state index in [0.717, 1.165) is 0 Å². The lowest BCUT2D eigenvalue weighted by molar-refractivity contribution is -0.120. The van der Waals surface area contributed by atoms with E-state index in [0.29, 0.717) is 28.6 Å². The minimum absolute atomic E-state index is 0.0512. The minimum Gasteiger partial charge on any atom is -0.493 e. The number of para-hydroxylation sites is 3. The number of nitrogens with zero attached hydrogens (tertiary/aromatic N) is 2. The summed E-state index contributed by atoms with van der Waals surface area (Å²) in [4.78, 5) is 29.4. The van der Waals surface area contributed by atoms with Gasteiger partial charge in [-0.05, 0) is 55.5 Å². The van der Waals surface area contributed by atoms with Gasteiger partial charge in [-0.3, -0.25) is 15.0 Å². The number of anilines is 2. The van der Waals surface area contributed by atoms with Crippen LogP contribution >= 0.6 is 0 Å². The number of benzene rings is 3. The Kier molecular flexibility index (Phi) is 6.03. The lowest BCUT2D eigenvalue weighted by Gasteiger charge is -2.30. The molecule has 0 fully saturated rings. The molecule has 4 rings (SSSR count). The molecule has 8 heteroatoms. The summed E-state index contributed by atoms with van der Waals surface area (Å²) in [5.74, 6) is 1.16. The first kappa shape index (κ1) is 20.9.